The first-order chi connectivity index (χ1) is 43.1. The number of hydrogen-bond donors (Lipinski definition) is 15. The van der Waals surface area contributed by atoms with Gasteiger partial charge in [-0.05, 0) is 126 Å². The Kier molecular flexibility index (Phi) is 47.0. The quantitative estimate of drug-likeness (QED) is 0.0135. The molecule has 0 bridgehead atoms. The van der Waals surface area contributed by atoms with E-state index in [9.17, 15) is 63.2 Å². The van der Waals surface area contributed by atoms with Crippen LogP contribution in [0.25, 0.3) is 0 Å². The van der Waals surface area contributed by atoms with Crippen molar-refractivity contribution < 1.29 is 82.1 Å². The van der Waals surface area contributed by atoms with E-state index in [2.05, 4.69) is 68.8 Å². The number of nitrogens with one attached hydrogen (secondary N) is 11. The van der Waals surface area contributed by atoms with Crippen LogP contribution in [0.15, 0.2) is 10.3 Å². The molecule has 32 heteroatoms. The number of unbranched alkanes of at least 4 members (excludes halogenated alkanes) is 3. The van der Waals surface area contributed by atoms with Gasteiger partial charge in [-0.25, -0.2) is 0 Å². The second-order valence-electron chi connectivity index (χ2n) is 23.1. The van der Waals surface area contributed by atoms with Gasteiger partial charge in [0, 0.05) is 71.5 Å². The lowest BCUT2D eigenvalue weighted by Crippen LogP contribution is -2.57. The number of nitrogens with two attached hydrogens (primary N) is 2. The zero-order valence-electron chi connectivity index (χ0n) is 55.0. The van der Waals surface area contributed by atoms with Gasteiger partial charge in [-0.3, -0.25) is 63.4 Å². The third-order valence-corrected chi connectivity index (χ3v) is 14.3. The summed E-state index contributed by atoms with van der Waals surface area (Å²) in [5, 5.41) is 57.0. The van der Waals surface area contributed by atoms with Crippen LogP contribution in [0.1, 0.15) is 152 Å². The molecular weight excluding hydrogens is 1190 g/mol. The molecule has 0 heterocycles. The molecule has 0 unspecified atom stereocenters. The summed E-state index contributed by atoms with van der Waals surface area (Å²) in [5.41, 5.74) is 10.3. The molecule has 0 saturated heterocycles. The van der Waals surface area contributed by atoms with Gasteiger partial charge in [-0.2, -0.15) is 0 Å². The molecule has 17 N–H and O–H groups in total. The van der Waals surface area contributed by atoms with Gasteiger partial charge in [0.25, 0.3) is 0 Å². The average Bonchev–Trinajstić information content (AvgIpc) is 3.70. The lowest BCUT2D eigenvalue weighted by atomic mass is 9.98. The summed E-state index contributed by atoms with van der Waals surface area (Å²) >= 11 is 0. The zero-order valence-corrected chi connectivity index (χ0v) is 55.0. The van der Waals surface area contributed by atoms with Crippen molar-refractivity contribution in [3.05, 3.63) is 0 Å². The molecule has 32 nitrogen and oxygen atoms in total. The van der Waals surface area contributed by atoms with Crippen molar-refractivity contribution in [3.63, 3.8) is 0 Å². The average molecular weight is 1300 g/mol. The summed E-state index contributed by atoms with van der Waals surface area (Å²) < 4.78 is 21.5. The van der Waals surface area contributed by atoms with Crippen LogP contribution >= 0.6 is 0 Å². The molecule has 0 aliphatic carbocycles. The van der Waals surface area contributed by atoms with Crippen LogP contribution in [-0.4, -0.2) is 234 Å². The van der Waals surface area contributed by atoms with Crippen molar-refractivity contribution in [1.82, 2.24) is 58.5 Å². The fraction of sp³-hybridized carbons (Fsp3) is 0.780. The first-order valence-corrected chi connectivity index (χ1v) is 31.3. The topological polar surface area (TPSA) is 474 Å². The lowest BCUT2D eigenvalue weighted by Gasteiger charge is -2.32. The molecule has 0 fully saturated rings. The number of primary amides is 2. The lowest BCUT2D eigenvalue weighted by molar-refractivity contribution is -0.129. The van der Waals surface area contributed by atoms with Crippen molar-refractivity contribution in [2.24, 2.45) is 21.8 Å². The van der Waals surface area contributed by atoms with Crippen molar-refractivity contribution in [2.75, 3.05) is 112 Å². The fourth-order valence-electron chi connectivity index (χ4n) is 8.10. The minimum atomic E-state index is -0.935. The van der Waals surface area contributed by atoms with E-state index in [1.54, 1.807) is 13.8 Å². The number of carbonyl (C=O) groups excluding carboxylic acids is 11. The van der Waals surface area contributed by atoms with E-state index in [0.717, 1.165) is 0 Å². The molecule has 522 valence electrons. The van der Waals surface area contributed by atoms with Gasteiger partial charge in [0.2, 0.25) is 53.2 Å². The van der Waals surface area contributed by atoms with E-state index >= 15 is 0 Å². The standard InChI is InChI=1S/C59H109N15O17/c1-41(75)35-67-46(55(60)83)17-9-12-25-63-53(81)39-90-33-32-89-30-28-65-54(82)40-91-34-31-88-29-27-64-50(78)21-15-20-49(77)62-24-13-11-19-48(57(85)66-26-14-10-18-47(56(61)84)68-36-42(2)76)72-52(80)23-16-22-51(79)71-45(37-69-58(5,6)43(3)73-86)38-70-59(7,8)44(4)74-87/h45-48,67-70,86-87H,9-40H2,1-8H3,(H2,60,83)(H2,61,84)(H,62,77)(H,63,81)(H,64,78)(H,65,82)(H,66,85)(H,71,79)(H,72,80)/b73-43-,74-44-/t46-,47-,48-/m0/s1. The molecule has 0 radical (unpaired) electrons. The molecule has 0 rings (SSSR count). The van der Waals surface area contributed by atoms with E-state index < -0.39 is 58.9 Å². The second kappa shape index (κ2) is 50.8. The molecule has 0 aromatic rings. The summed E-state index contributed by atoms with van der Waals surface area (Å²) in [7, 11) is 0. The number of nitrogens with zero attached hydrogens (tertiary/aromatic N) is 2. The van der Waals surface area contributed by atoms with Crippen LogP contribution in [-0.2, 0) is 71.7 Å². The Hall–Kier alpha value is -6.81. The first-order valence-electron chi connectivity index (χ1n) is 31.3. The largest absolute Gasteiger partial charge is 0.411 e. The maximum Gasteiger partial charge on any atom is 0.246 e. The van der Waals surface area contributed by atoms with Crippen molar-refractivity contribution in [3.8, 4) is 0 Å². The van der Waals surface area contributed by atoms with Gasteiger partial charge in [-0.15, -0.1) is 0 Å². The Morgan fingerprint density at radius 1 is 0.418 bits per heavy atom. The van der Waals surface area contributed by atoms with Gasteiger partial charge >= 0.3 is 0 Å². The Morgan fingerprint density at radius 2 is 0.769 bits per heavy atom. The number of oxime groups is 2. The van der Waals surface area contributed by atoms with Gasteiger partial charge < -0.3 is 88.7 Å². The SMILES string of the molecule is CC(=O)CN[C@@H](CCCCNC(=O)COCCOCCNC(=O)COCCOCCNC(=O)CCCC(=O)NCCCC[C@H](NC(=O)CCCC(=O)NC(CNC(C)(C)/C(C)=N\O)CNC(C)(C)/C(C)=N\O)C(=O)NCCCC[C@H](NCC(C)=O)C(N)=O)C(N)=O. The summed E-state index contributed by atoms with van der Waals surface area (Å²) in [6.45, 7) is 16.2. The van der Waals surface area contributed by atoms with Crippen LogP contribution in [0.5, 0.6) is 0 Å². The maximum absolute atomic E-state index is 13.5. The maximum atomic E-state index is 13.5. The van der Waals surface area contributed by atoms with E-state index in [-0.39, 0.29) is 185 Å². The number of carbonyl (C=O) groups is 11. The van der Waals surface area contributed by atoms with E-state index in [4.69, 9.17) is 30.4 Å². The Bertz CT molecular complexity index is 2240. The Morgan fingerprint density at radius 3 is 1.18 bits per heavy atom. The molecule has 0 aliphatic heterocycles. The third kappa shape index (κ3) is 46.0. The van der Waals surface area contributed by atoms with E-state index in [0.29, 0.717) is 75.8 Å². The molecule has 0 aromatic heterocycles. The highest BCUT2D eigenvalue weighted by atomic mass is 16.5. The third-order valence-electron chi connectivity index (χ3n) is 14.3. The van der Waals surface area contributed by atoms with Gasteiger partial charge in [0.1, 0.15) is 30.8 Å². The molecule has 3 atom stereocenters. The monoisotopic (exact) mass is 1300 g/mol. The fourth-order valence-corrected chi connectivity index (χ4v) is 8.10. The summed E-state index contributed by atoms with van der Waals surface area (Å²) in [4.78, 5) is 135. The predicted octanol–water partition coefficient (Wildman–Crippen LogP) is -2.04. The molecule has 0 aliphatic rings. The van der Waals surface area contributed by atoms with Gasteiger partial charge in [-0.1, -0.05) is 10.3 Å². The Balaban J connectivity index is 4.68. The van der Waals surface area contributed by atoms with E-state index in [1.807, 2.05) is 27.7 Å². The predicted molar refractivity (Wildman–Crippen MR) is 339 cm³/mol. The molecule has 91 heavy (non-hydrogen) atoms. The van der Waals surface area contributed by atoms with Crippen LogP contribution in [0, 0.1) is 0 Å². The zero-order chi connectivity index (χ0) is 68.5. The van der Waals surface area contributed by atoms with Crippen LogP contribution in [0.3, 0.4) is 0 Å². The normalized spacial score (nSPS) is 12.9. The highest BCUT2D eigenvalue weighted by Crippen LogP contribution is 2.10. The molecule has 0 spiro atoms. The van der Waals surface area contributed by atoms with Crippen molar-refractivity contribution in [1.29, 1.82) is 0 Å². The van der Waals surface area contributed by atoms with Crippen molar-refractivity contribution in [2.45, 2.75) is 187 Å². The van der Waals surface area contributed by atoms with Crippen LogP contribution < -0.4 is 70.0 Å². The minimum Gasteiger partial charge on any atom is -0.411 e. The van der Waals surface area contributed by atoms with Crippen LogP contribution in [0.4, 0.5) is 0 Å². The number of hydrogen-bond acceptors (Lipinski definition) is 23. The molecular formula is C59H109N15O17. The van der Waals surface area contributed by atoms with E-state index in [1.165, 1.54) is 13.8 Å². The summed E-state index contributed by atoms with van der Waals surface area (Å²) in [6.07, 6.45) is 4.77. The number of Topliss-reactive ketones (excluding diaryl/α,β-unsaturated/α-hetero) is 2. The summed E-state index contributed by atoms with van der Waals surface area (Å²) in [6, 6.07) is -2.73. The molecule has 0 aromatic carbocycles. The number of amides is 9. The highest BCUT2D eigenvalue weighted by molar-refractivity contribution is 5.91. The minimum absolute atomic E-state index is 0.00535. The van der Waals surface area contributed by atoms with Gasteiger partial charge in [0.05, 0.1) is 93.4 Å². The van der Waals surface area contributed by atoms with Crippen LogP contribution in [0.2, 0.25) is 0 Å². The Labute approximate surface area is 535 Å². The number of rotatable bonds is 58. The first kappa shape index (κ1) is 84.2. The van der Waals surface area contributed by atoms with Gasteiger partial charge in [0.15, 0.2) is 0 Å². The number of ketones is 2. The second-order valence-corrected chi connectivity index (χ2v) is 23.1. The smallest absolute Gasteiger partial charge is 0.246 e. The highest BCUT2D eigenvalue weighted by Gasteiger charge is 2.28. The molecule has 0 saturated carbocycles. The molecule has 9 amide bonds. The van der Waals surface area contributed by atoms with Crippen molar-refractivity contribution >= 4 is 76.2 Å². The number of ether oxygens (including phenoxy) is 4. The summed E-state index contributed by atoms with van der Waals surface area (Å²) in [5.74, 6) is -3.76.